The lowest BCUT2D eigenvalue weighted by atomic mass is 9.87. The maximum absolute atomic E-state index is 12.3. The largest absolute Gasteiger partial charge is 0.370 e. The molecule has 1 atom stereocenters. The van der Waals surface area contributed by atoms with E-state index in [1.54, 1.807) is 12.3 Å². The highest BCUT2D eigenvalue weighted by Gasteiger charge is 2.35. The van der Waals surface area contributed by atoms with E-state index in [1.165, 1.54) is 12.8 Å². The first kappa shape index (κ1) is 14.8. The number of nitrogens with zero attached hydrogens (tertiary/aromatic N) is 1. The van der Waals surface area contributed by atoms with Crippen molar-refractivity contribution in [1.29, 1.82) is 0 Å². The van der Waals surface area contributed by atoms with Crippen LogP contribution in [0.4, 0.5) is 5.82 Å². The molecule has 0 aliphatic heterocycles. The lowest BCUT2D eigenvalue weighted by Gasteiger charge is -2.27. The van der Waals surface area contributed by atoms with E-state index >= 15 is 0 Å². The molecule has 1 aromatic heterocycles. The summed E-state index contributed by atoms with van der Waals surface area (Å²) in [6.07, 6.45) is 6.17. The van der Waals surface area contributed by atoms with Gasteiger partial charge in [0.05, 0.1) is 0 Å². The second-order valence-corrected chi connectivity index (χ2v) is 6.26. The predicted octanol–water partition coefficient (Wildman–Crippen LogP) is 3.21. The van der Waals surface area contributed by atoms with Crippen molar-refractivity contribution in [2.45, 2.75) is 52.5 Å². The number of carbonyl (C=O) groups is 1. The summed E-state index contributed by atoms with van der Waals surface area (Å²) >= 11 is 0. The molecule has 4 heteroatoms. The minimum atomic E-state index is 0.00641. The topological polar surface area (TPSA) is 54.0 Å². The van der Waals surface area contributed by atoms with Crippen molar-refractivity contribution in [1.82, 2.24) is 10.3 Å². The van der Waals surface area contributed by atoms with Gasteiger partial charge < -0.3 is 10.6 Å². The summed E-state index contributed by atoms with van der Waals surface area (Å²) in [6, 6.07) is 3.87. The Labute approximate surface area is 121 Å². The van der Waals surface area contributed by atoms with Gasteiger partial charge in [-0.25, -0.2) is 4.98 Å². The highest BCUT2D eigenvalue weighted by molar-refractivity contribution is 5.95. The van der Waals surface area contributed by atoms with Gasteiger partial charge in [-0.1, -0.05) is 27.2 Å². The van der Waals surface area contributed by atoms with E-state index in [0.717, 1.165) is 25.2 Å². The fraction of sp³-hybridized carbons (Fsp3) is 0.625. The van der Waals surface area contributed by atoms with E-state index in [9.17, 15) is 4.79 Å². The van der Waals surface area contributed by atoms with Crippen molar-refractivity contribution in [3.8, 4) is 0 Å². The summed E-state index contributed by atoms with van der Waals surface area (Å²) in [5, 5.41) is 6.38. The Bertz CT molecular complexity index is 471. The highest BCUT2D eigenvalue weighted by atomic mass is 16.1. The molecule has 2 rings (SSSR count). The third-order valence-corrected chi connectivity index (χ3v) is 4.14. The fourth-order valence-corrected chi connectivity index (χ4v) is 2.76. The number of amides is 1. The Balaban J connectivity index is 2.02. The average Bonchev–Trinajstić information content (AvgIpc) is 2.76. The number of carbonyl (C=O) groups excluding carboxylic acids is 1. The van der Waals surface area contributed by atoms with Gasteiger partial charge >= 0.3 is 0 Å². The molecular formula is C16H25N3O. The molecule has 1 heterocycles. The summed E-state index contributed by atoms with van der Waals surface area (Å²) in [5.41, 5.74) is 0.882. The van der Waals surface area contributed by atoms with Gasteiger partial charge in [-0.2, -0.15) is 0 Å². The predicted molar refractivity (Wildman–Crippen MR) is 81.9 cm³/mol. The fourth-order valence-electron chi connectivity index (χ4n) is 2.76. The first-order valence-corrected chi connectivity index (χ1v) is 7.54. The SMILES string of the molecule is CCCNc1cc(C(=O)NC2CCCC2(C)C)ccn1. The number of aromatic nitrogens is 1. The third-order valence-electron chi connectivity index (χ3n) is 4.14. The van der Waals surface area contributed by atoms with Crippen LogP contribution in [-0.2, 0) is 0 Å². The Morgan fingerprint density at radius 3 is 2.95 bits per heavy atom. The van der Waals surface area contributed by atoms with Crippen molar-refractivity contribution in [2.24, 2.45) is 5.41 Å². The van der Waals surface area contributed by atoms with Crippen LogP contribution in [0.5, 0.6) is 0 Å². The summed E-state index contributed by atoms with van der Waals surface area (Å²) in [6.45, 7) is 7.43. The van der Waals surface area contributed by atoms with Crippen LogP contribution < -0.4 is 10.6 Å². The molecule has 0 bridgehead atoms. The van der Waals surface area contributed by atoms with Crippen LogP contribution in [0.3, 0.4) is 0 Å². The van der Waals surface area contributed by atoms with Crippen molar-refractivity contribution in [3.05, 3.63) is 23.9 Å². The van der Waals surface area contributed by atoms with Gasteiger partial charge in [0, 0.05) is 24.3 Å². The van der Waals surface area contributed by atoms with E-state index < -0.39 is 0 Å². The quantitative estimate of drug-likeness (QED) is 0.867. The second kappa shape index (κ2) is 6.25. The third kappa shape index (κ3) is 3.50. The Hall–Kier alpha value is -1.58. The highest BCUT2D eigenvalue weighted by Crippen LogP contribution is 2.37. The Morgan fingerprint density at radius 2 is 2.30 bits per heavy atom. The maximum atomic E-state index is 12.3. The van der Waals surface area contributed by atoms with Crippen molar-refractivity contribution >= 4 is 11.7 Å². The molecule has 1 aliphatic rings. The molecule has 1 unspecified atom stereocenters. The van der Waals surface area contributed by atoms with E-state index in [0.29, 0.717) is 5.56 Å². The number of anilines is 1. The lowest BCUT2D eigenvalue weighted by Crippen LogP contribution is -2.41. The van der Waals surface area contributed by atoms with Crippen molar-refractivity contribution in [2.75, 3.05) is 11.9 Å². The molecule has 4 nitrogen and oxygen atoms in total. The Morgan fingerprint density at radius 1 is 1.50 bits per heavy atom. The molecule has 110 valence electrons. The molecule has 1 saturated carbocycles. The van der Waals surface area contributed by atoms with Gasteiger partial charge in [-0.05, 0) is 36.8 Å². The van der Waals surface area contributed by atoms with Gasteiger partial charge in [-0.15, -0.1) is 0 Å². The smallest absolute Gasteiger partial charge is 0.251 e. The van der Waals surface area contributed by atoms with Gasteiger partial charge in [0.25, 0.3) is 5.91 Å². The second-order valence-electron chi connectivity index (χ2n) is 6.26. The Kier molecular flexibility index (Phi) is 4.63. The van der Waals surface area contributed by atoms with E-state index in [4.69, 9.17) is 0 Å². The first-order chi connectivity index (χ1) is 9.53. The summed E-state index contributed by atoms with van der Waals surface area (Å²) in [5.74, 6) is 0.775. The molecule has 20 heavy (non-hydrogen) atoms. The molecule has 0 aromatic carbocycles. The first-order valence-electron chi connectivity index (χ1n) is 7.54. The number of nitrogens with one attached hydrogen (secondary N) is 2. The monoisotopic (exact) mass is 275 g/mol. The zero-order valence-electron chi connectivity index (χ0n) is 12.7. The van der Waals surface area contributed by atoms with E-state index in [-0.39, 0.29) is 17.4 Å². The zero-order chi connectivity index (χ0) is 14.6. The average molecular weight is 275 g/mol. The summed E-state index contributed by atoms with van der Waals surface area (Å²) in [7, 11) is 0. The van der Waals surface area contributed by atoms with Crippen LogP contribution in [0.1, 0.15) is 56.8 Å². The molecule has 0 spiro atoms. The van der Waals surface area contributed by atoms with Crippen LogP contribution in [0.25, 0.3) is 0 Å². The number of hydrogen-bond acceptors (Lipinski definition) is 3. The lowest BCUT2D eigenvalue weighted by molar-refractivity contribution is 0.0910. The molecular weight excluding hydrogens is 250 g/mol. The molecule has 1 fully saturated rings. The minimum Gasteiger partial charge on any atom is -0.370 e. The van der Waals surface area contributed by atoms with Crippen LogP contribution in [0.15, 0.2) is 18.3 Å². The van der Waals surface area contributed by atoms with Crippen molar-refractivity contribution < 1.29 is 4.79 Å². The minimum absolute atomic E-state index is 0.00641. The standard InChI is InChI=1S/C16H25N3O/c1-4-9-17-14-11-12(7-10-18-14)15(20)19-13-6-5-8-16(13,2)3/h7,10-11,13H,4-6,8-9H2,1-3H3,(H,17,18)(H,19,20). The molecule has 1 aromatic rings. The molecule has 1 amide bonds. The van der Waals surface area contributed by atoms with Crippen LogP contribution >= 0.6 is 0 Å². The zero-order valence-corrected chi connectivity index (χ0v) is 12.7. The summed E-state index contributed by atoms with van der Waals surface area (Å²) < 4.78 is 0. The number of hydrogen-bond donors (Lipinski definition) is 2. The van der Waals surface area contributed by atoms with Crippen LogP contribution in [-0.4, -0.2) is 23.5 Å². The van der Waals surface area contributed by atoms with Gasteiger partial charge in [-0.3, -0.25) is 4.79 Å². The normalized spacial score (nSPS) is 20.6. The molecule has 1 aliphatic carbocycles. The van der Waals surface area contributed by atoms with Gasteiger partial charge in [0.1, 0.15) is 5.82 Å². The molecule has 2 N–H and O–H groups in total. The van der Waals surface area contributed by atoms with Gasteiger partial charge in [0.15, 0.2) is 0 Å². The van der Waals surface area contributed by atoms with E-state index in [2.05, 4.69) is 36.4 Å². The van der Waals surface area contributed by atoms with Gasteiger partial charge in [0.2, 0.25) is 0 Å². The summed E-state index contributed by atoms with van der Waals surface area (Å²) in [4.78, 5) is 16.6. The van der Waals surface area contributed by atoms with Crippen molar-refractivity contribution in [3.63, 3.8) is 0 Å². The molecule has 0 saturated heterocycles. The number of pyridine rings is 1. The number of rotatable bonds is 5. The maximum Gasteiger partial charge on any atom is 0.251 e. The molecule has 0 radical (unpaired) electrons. The van der Waals surface area contributed by atoms with E-state index in [1.807, 2.05) is 6.07 Å². The van der Waals surface area contributed by atoms with Crippen LogP contribution in [0, 0.1) is 5.41 Å². The van der Waals surface area contributed by atoms with Crippen LogP contribution in [0.2, 0.25) is 0 Å².